The number of amides is 3. The van der Waals surface area contributed by atoms with Gasteiger partial charge >= 0.3 is 12.1 Å². The van der Waals surface area contributed by atoms with E-state index in [-0.39, 0.29) is 18.4 Å². The molecule has 29 heavy (non-hydrogen) atoms. The number of esters is 1. The van der Waals surface area contributed by atoms with Crippen molar-refractivity contribution in [3.05, 3.63) is 34.9 Å². The van der Waals surface area contributed by atoms with Crippen molar-refractivity contribution in [3.8, 4) is 0 Å². The first kappa shape index (κ1) is 22.2. The summed E-state index contributed by atoms with van der Waals surface area (Å²) >= 11 is 0. The molecule has 1 aliphatic rings. The van der Waals surface area contributed by atoms with Gasteiger partial charge in [0.1, 0.15) is 6.54 Å². The maximum absolute atomic E-state index is 12.2. The largest absolute Gasteiger partial charge is 0.454 e. The lowest BCUT2D eigenvalue weighted by atomic mass is 10.1. The van der Waals surface area contributed by atoms with E-state index in [1.807, 2.05) is 19.9 Å². The molecule has 1 aromatic carbocycles. The number of ether oxygens (including phenoxy) is 2. The van der Waals surface area contributed by atoms with E-state index in [9.17, 15) is 19.2 Å². The number of nitrogens with zero attached hydrogens (tertiary/aromatic N) is 2. The molecular weight excluding hydrogens is 378 g/mol. The van der Waals surface area contributed by atoms with E-state index in [0.29, 0.717) is 38.3 Å². The van der Waals surface area contributed by atoms with E-state index in [2.05, 4.69) is 5.32 Å². The lowest BCUT2D eigenvalue weighted by Gasteiger charge is -2.33. The van der Waals surface area contributed by atoms with Gasteiger partial charge in [-0.1, -0.05) is 17.2 Å². The topological polar surface area (TPSA) is 105 Å². The summed E-state index contributed by atoms with van der Waals surface area (Å²) in [4.78, 5) is 50.8. The molecule has 0 aromatic heterocycles. The van der Waals surface area contributed by atoms with Gasteiger partial charge in [-0.05, 0) is 32.9 Å². The second-order valence-electron chi connectivity index (χ2n) is 6.79. The Morgan fingerprint density at radius 1 is 0.931 bits per heavy atom. The molecule has 0 atom stereocenters. The molecule has 1 heterocycles. The van der Waals surface area contributed by atoms with E-state index in [1.165, 1.54) is 9.80 Å². The van der Waals surface area contributed by atoms with Crippen LogP contribution in [0.5, 0.6) is 0 Å². The zero-order valence-electron chi connectivity index (χ0n) is 17.0. The standard InChI is InChI=1S/C20H27N3O6/c1-4-28-20(27)23-7-5-22(6-8-23)17(24)13-29-18(25)12-21-19(26)16-10-14(2)9-15(3)11-16/h9-11H,4-8,12-13H2,1-3H3,(H,21,26). The van der Waals surface area contributed by atoms with Gasteiger partial charge in [-0.25, -0.2) is 4.79 Å². The number of carbonyl (C=O) groups excluding carboxylic acids is 4. The van der Waals surface area contributed by atoms with Gasteiger partial charge in [0.05, 0.1) is 6.61 Å². The van der Waals surface area contributed by atoms with Crippen LogP contribution in [-0.2, 0) is 19.1 Å². The van der Waals surface area contributed by atoms with Crippen molar-refractivity contribution in [3.63, 3.8) is 0 Å². The first-order chi connectivity index (χ1) is 13.8. The third-order valence-electron chi connectivity index (χ3n) is 4.39. The Hall–Kier alpha value is -3.10. The summed E-state index contributed by atoms with van der Waals surface area (Å²) in [6.45, 7) is 6.50. The molecule has 0 saturated carbocycles. The van der Waals surface area contributed by atoms with Gasteiger partial charge in [0.15, 0.2) is 6.61 Å². The van der Waals surface area contributed by atoms with Gasteiger partial charge in [0, 0.05) is 31.7 Å². The summed E-state index contributed by atoms with van der Waals surface area (Å²) < 4.78 is 9.88. The molecule has 1 saturated heterocycles. The van der Waals surface area contributed by atoms with Crippen molar-refractivity contribution in [1.29, 1.82) is 0 Å². The molecule has 0 aliphatic carbocycles. The minimum absolute atomic E-state index is 0.300. The monoisotopic (exact) mass is 405 g/mol. The fourth-order valence-electron chi connectivity index (χ4n) is 3.00. The van der Waals surface area contributed by atoms with Crippen LogP contribution in [0.15, 0.2) is 18.2 Å². The molecule has 2 rings (SSSR count). The number of piperazine rings is 1. The lowest BCUT2D eigenvalue weighted by molar-refractivity contribution is -0.151. The van der Waals surface area contributed by atoms with Crippen molar-refractivity contribution < 1.29 is 28.7 Å². The highest BCUT2D eigenvalue weighted by molar-refractivity contribution is 5.96. The maximum Gasteiger partial charge on any atom is 0.409 e. The predicted molar refractivity (Wildman–Crippen MR) is 104 cm³/mol. The van der Waals surface area contributed by atoms with Crippen LogP contribution in [0.3, 0.4) is 0 Å². The predicted octanol–water partition coefficient (Wildman–Crippen LogP) is 0.877. The van der Waals surface area contributed by atoms with Crippen LogP contribution >= 0.6 is 0 Å². The SMILES string of the molecule is CCOC(=O)N1CCN(C(=O)COC(=O)CNC(=O)c2cc(C)cc(C)c2)CC1. The molecule has 9 nitrogen and oxygen atoms in total. The van der Waals surface area contributed by atoms with Gasteiger partial charge < -0.3 is 24.6 Å². The molecule has 1 aliphatic heterocycles. The molecule has 0 spiro atoms. The molecule has 0 bridgehead atoms. The number of hydrogen-bond donors (Lipinski definition) is 1. The van der Waals surface area contributed by atoms with Gasteiger partial charge in [0.2, 0.25) is 0 Å². The molecule has 0 unspecified atom stereocenters. The molecule has 1 fully saturated rings. The van der Waals surface area contributed by atoms with Crippen LogP contribution in [-0.4, -0.2) is 79.6 Å². The fraction of sp³-hybridized carbons (Fsp3) is 0.500. The van der Waals surface area contributed by atoms with Gasteiger partial charge in [-0.2, -0.15) is 0 Å². The van der Waals surface area contributed by atoms with Gasteiger partial charge in [0.25, 0.3) is 11.8 Å². The molecule has 3 amide bonds. The average molecular weight is 405 g/mol. The third kappa shape index (κ3) is 6.78. The number of benzene rings is 1. The van der Waals surface area contributed by atoms with Crippen molar-refractivity contribution in [1.82, 2.24) is 15.1 Å². The smallest absolute Gasteiger partial charge is 0.409 e. The molecule has 0 radical (unpaired) electrons. The Bertz CT molecular complexity index is 751. The maximum atomic E-state index is 12.2. The molecule has 158 valence electrons. The highest BCUT2D eigenvalue weighted by Gasteiger charge is 2.25. The first-order valence-electron chi connectivity index (χ1n) is 9.51. The average Bonchev–Trinajstić information content (AvgIpc) is 2.69. The fourth-order valence-corrected chi connectivity index (χ4v) is 3.00. The third-order valence-corrected chi connectivity index (χ3v) is 4.39. The molecule has 9 heteroatoms. The summed E-state index contributed by atoms with van der Waals surface area (Å²) in [6.07, 6.45) is -0.398. The van der Waals surface area contributed by atoms with E-state index < -0.39 is 18.7 Å². The Labute approximate surface area is 169 Å². The van der Waals surface area contributed by atoms with Gasteiger partial charge in [-0.3, -0.25) is 14.4 Å². The van der Waals surface area contributed by atoms with Crippen molar-refractivity contribution >= 4 is 23.9 Å². The lowest BCUT2D eigenvalue weighted by Crippen LogP contribution is -2.51. The zero-order valence-corrected chi connectivity index (χ0v) is 17.0. The van der Waals surface area contributed by atoms with E-state index in [1.54, 1.807) is 19.1 Å². The summed E-state index contributed by atoms with van der Waals surface area (Å²) in [5.74, 6) is -1.42. The Morgan fingerprint density at radius 2 is 1.52 bits per heavy atom. The molecular formula is C20H27N3O6. The Balaban J connectivity index is 1.70. The quantitative estimate of drug-likeness (QED) is 0.705. The first-order valence-corrected chi connectivity index (χ1v) is 9.51. The normalized spacial score (nSPS) is 13.6. The van der Waals surface area contributed by atoms with Crippen LogP contribution < -0.4 is 5.32 Å². The minimum atomic E-state index is -0.693. The van der Waals surface area contributed by atoms with E-state index in [4.69, 9.17) is 9.47 Å². The number of nitrogens with one attached hydrogen (secondary N) is 1. The highest BCUT2D eigenvalue weighted by atomic mass is 16.6. The number of rotatable bonds is 6. The van der Waals surface area contributed by atoms with Crippen LogP contribution in [0.1, 0.15) is 28.4 Å². The van der Waals surface area contributed by atoms with Gasteiger partial charge in [-0.15, -0.1) is 0 Å². The van der Waals surface area contributed by atoms with Crippen LogP contribution in [0, 0.1) is 13.8 Å². The van der Waals surface area contributed by atoms with Crippen molar-refractivity contribution in [2.45, 2.75) is 20.8 Å². The Morgan fingerprint density at radius 3 is 2.10 bits per heavy atom. The second kappa shape index (κ2) is 10.4. The number of hydrogen-bond acceptors (Lipinski definition) is 6. The summed E-state index contributed by atoms with van der Waals surface area (Å²) in [5.41, 5.74) is 2.36. The highest BCUT2D eigenvalue weighted by Crippen LogP contribution is 2.08. The zero-order chi connectivity index (χ0) is 21.4. The van der Waals surface area contributed by atoms with Crippen molar-refractivity contribution in [2.24, 2.45) is 0 Å². The summed E-state index contributed by atoms with van der Waals surface area (Å²) in [5, 5.41) is 2.49. The summed E-state index contributed by atoms with van der Waals surface area (Å²) in [6, 6.07) is 5.41. The van der Waals surface area contributed by atoms with E-state index >= 15 is 0 Å². The molecule has 1 aromatic rings. The van der Waals surface area contributed by atoms with Crippen LogP contribution in [0.4, 0.5) is 4.79 Å². The summed E-state index contributed by atoms with van der Waals surface area (Å²) in [7, 11) is 0. The van der Waals surface area contributed by atoms with E-state index in [0.717, 1.165) is 11.1 Å². The Kier molecular flexibility index (Phi) is 7.99. The second-order valence-corrected chi connectivity index (χ2v) is 6.79. The number of aryl methyl sites for hydroxylation is 2. The minimum Gasteiger partial charge on any atom is -0.454 e. The number of carbonyl (C=O) groups is 4. The van der Waals surface area contributed by atoms with Crippen LogP contribution in [0.25, 0.3) is 0 Å². The van der Waals surface area contributed by atoms with Crippen molar-refractivity contribution in [2.75, 3.05) is 45.9 Å². The molecule has 1 N–H and O–H groups in total. The van der Waals surface area contributed by atoms with Crippen LogP contribution in [0.2, 0.25) is 0 Å².